The molecular weight excluding hydrogens is 236 g/mol. The molecule has 1 aliphatic carbocycles. The maximum Gasteiger partial charge on any atom is 0.188 e. The third-order valence-electron chi connectivity index (χ3n) is 3.49. The number of para-hydroxylation sites is 1. The number of benzene rings is 1. The van der Waals surface area contributed by atoms with Crippen molar-refractivity contribution in [3.8, 4) is 0 Å². The van der Waals surface area contributed by atoms with E-state index in [1.54, 1.807) is 0 Å². The summed E-state index contributed by atoms with van der Waals surface area (Å²) in [5, 5.41) is 4.51. The maximum atomic E-state index is 5.80. The molecule has 1 aromatic heterocycles. The van der Waals surface area contributed by atoms with Crippen LogP contribution in [0.2, 0.25) is 0 Å². The molecule has 1 saturated carbocycles. The highest BCUT2D eigenvalue weighted by Crippen LogP contribution is 2.19. The highest BCUT2D eigenvalue weighted by Gasteiger charge is 2.21. The molecule has 2 aromatic rings. The van der Waals surface area contributed by atoms with E-state index < -0.39 is 0 Å². The van der Waals surface area contributed by atoms with Gasteiger partial charge in [0.25, 0.3) is 0 Å². The molecular formula is C15H20N4. The van der Waals surface area contributed by atoms with Crippen LogP contribution in [0.4, 0.5) is 0 Å². The van der Waals surface area contributed by atoms with Crippen LogP contribution >= 0.6 is 0 Å². The van der Waals surface area contributed by atoms with E-state index >= 15 is 0 Å². The Morgan fingerprint density at radius 3 is 3.05 bits per heavy atom. The standard InChI is InChI=1S/C15H20N4/c16-15(19-12-7-8-12)17-9-3-4-11-10-18-14-6-2-1-5-13(11)14/h1-2,5-6,10,12,18H,3-4,7-9H2,(H3,16,17,19). The topological polar surface area (TPSA) is 66.2 Å². The Balaban J connectivity index is 1.51. The van der Waals surface area contributed by atoms with Gasteiger partial charge in [0.05, 0.1) is 0 Å². The number of aliphatic imine (C=N–C) groups is 1. The van der Waals surface area contributed by atoms with Crippen LogP contribution < -0.4 is 11.1 Å². The second-order valence-electron chi connectivity index (χ2n) is 5.15. The van der Waals surface area contributed by atoms with Crippen LogP contribution in [-0.2, 0) is 6.42 Å². The van der Waals surface area contributed by atoms with Gasteiger partial charge in [-0.25, -0.2) is 0 Å². The van der Waals surface area contributed by atoms with Gasteiger partial charge in [-0.2, -0.15) is 0 Å². The minimum absolute atomic E-state index is 0.581. The van der Waals surface area contributed by atoms with Gasteiger partial charge in [-0.1, -0.05) is 18.2 Å². The molecule has 0 atom stereocenters. The van der Waals surface area contributed by atoms with E-state index in [4.69, 9.17) is 5.73 Å². The van der Waals surface area contributed by atoms with Crippen LogP contribution in [0.1, 0.15) is 24.8 Å². The lowest BCUT2D eigenvalue weighted by atomic mass is 10.1. The second kappa shape index (κ2) is 5.34. The summed E-state index contributed by atoms with van der Waals surface area (Å²) >= 11 is 0. The van der Waals surface area contributed by atoms with Crippen LogP contribution in [0.25, 0.3) is 10.9 Å². The summed E-state index contributed by atoms with van der Waals surface area (Å²) in [6, 6.07) is 8.98. The Kier molecular flexibility index (Phi) is 3.40. The lowest BCUT2D eigenvalue weighted by molar-refractivity contribution is 0.816. The van der Waals surface area contributed by atoms with Crippen LogP contribution in [0, 0.1) is 0 Å². The van der Waals surface area contributed by atoms with Crippen molar-refractivity contribution < 1.29 is 0 Å². The second-order valence-corrected chi connectivity index (χ2v) is 5.15. The summed E-state index contributed by atoms with van der Waals surface area (Å²) < 4.78 is 0. The van der Waals surface area contributed by atoms with E-state index in [0.29, 0.717) is 12.0 Å². The average molecular weight is 256 g/mol. The molecule has 1 aromatic carbocycles. The summed E-state index contributed by atoms with van der Waals surface area (Å²) in [6.45, 7) is 0.783. The van der Waals surface area contributed by atoms with Crippen LogP contribution in [-0.4, -0.2) is 23.5 Å². The first-order valence-corrected chi connectivity index (χ1v) is 6.94. The predicted octanol–water partition coefficient (Wildman–Crippen LogP) is 2.17. The minimum Gasteiger partial charge on any atom is -0.370 e. The zero-order valence-corrected chi connectivity index (χ0v) is 11.0. The Morgan fingerprint density at radius 2 is 2.21 bits per heavy atom. The lowest BCUT2D eigenvalue weighted by Gasteiger charge is -2.02. The monoisotopic (exact) mass is 256 g/mol. The molecule has 0 spiro atoms. The van der Waals surface area contributed by atoms with E-state index in [0.717, 1.165) is 19.4 Å². The molecule has 100 valence electrons. The van der Waals surface area contributed by atoms with E-state index in [9.17, 15) is 0 Å². The molecule has 0 aliphatic heterocycles. The molecule has 0 bridgehead atoms. The molecule has 3 rings (SSSR count). The molecule has 0 amide bonds. The first-order valence-electron chi connectivity index (χ1n) is 6.94. The molecule has 0 radical (unpaired) electrons. The number of aryl methyl sites for hydroxylation is 1. The number of H-pyrrole nitrogens is 1. The summed E-state index contributed by atoms with van der Waals surface area (Å²) in [5.74, 6) is 0.599. The van der Waals surface area contributed by atoms with Crippen molar-refractivity contribution in [3.05, 3.63) is 36.0 Å². The minimum atomic E-state index is 0.581. The molecule has 19 heavy (non-hydrogen) atoms. The van der Waals surface area contributed by atoms with Crippen molar-refractivity contribution in [1.82, 2.24) is 10.3 Å². The molecule has 1 fully saturated rings. The van der Waals surface area contributed by atoms with Gasteiger partial charge in [-0.3, -0.25) is 4.99 Å². The van der Waals surface area contributed by atoms with Crippen molar-refractivity contribution in [1.29, 1.82) is 0 Å². The summed E-state index contributed by atoms with van der Waals surface area (Å²) in [5.41, 5.74) is 8.36. The number of rotatable bonds is 5. The number of guanidine groups is 1. The molecule has 4 heteroatoms. The largest absolute Gasteiger partial charge is 0.370 e. The SMILES string of the molecule is NC(=NCCCc1c[nH]c2ccccc12)NC1CC1. The number of aromatic nitrogens is 1. The number of hydrogen-bond donors (Lipinski definition) is 3. The normalized spacial score (nSPS) is 15.9. The number of aromatic amines is 1. The Bertz CT molecular complexity index is 581. The molecule has 1 heterocycles. The van der Waals surface area contributed by atoms with Crippen LogP contribution in [0.3, 0.4) is 0 Å². The van der Waals surface area contributed by atoms with Gasteiger partial charge in [0.15, 0.2) is 5.96 Å². The first kappa shape index (κ1) is 12.1. The fraction of sp³-hybridized carbons (Fsp3) is 0.400. The fourth-order valence-electron chi connectivity index (χ4n) is 2.29. The summed E-state index contributed by atoms with van der Waals surface area (Å²) in [6.07, 6.45) is 6.61. The summed E-state index contributed by atoms with van der Waals surface area (Å²) in [7, 11) is 0. The average Bonchev–Trinajstić information content (AvgIpc) is 3.14. The van der Waals surface area contributed by atoms with Crippen LogP contribution in [0.5, 0.6) is 0 Å². The van der Waals surface area contributed by atoms with Crippen molar-refractivity contribution in [3.63, 3.8) is 0 Å². The summed E-state index contributed by atoms with van der Waals surface area (Å²) in [4.78, 5) is 7.66. The molecule has 4 N–H and O–H groups in total. The van der Waals surface area contributed by atoms with Gasteiger partial charge in [-0.15, -0.1) is 0 Å². The van der Waals surface area contributed by atoms with Crippen molar-refractivity contribution in [2.24, 2.45) is 10.7 Å². The van der Waals surface area contributed by atoms with Gasteiger partial charge < -0.3 is 16.0 Å². The zero-order valence-electron chi connectivity index (χ0n) is 11.0. The Labute approximate surface area is 113 Å². The van der Waals surface area contributed by atoms with Crippen molar-refractivity contribution in [2.75, 3.05) is 6.54 Å². The quantitative estimate of drug-likeness (QED) is 0.436. The Hall–Kier alpha value is -1.97. The molecule has 4 nitrogen and oxygen atoms in total. The van der Waals surface area contributed by atoms with E-state index in [-0.39, 0.29) is 0 Å². The number of hydrogen-bond acceptors (Lipinski definition) is 1. The number of nitrogens with zero attached hydrogens (tertiary/aromatic N) is 1. The molecule has 1 aliphatic rings. The highest BCUT2D eigenvalue weighted by atomic mass is 15.1. The first-order chi connectivity index (χ1) is 9.33. The van der Waals surface area contributed by atoms with Gasteiger partial charge in [-0.05, 0) is 37.3 Å². The van der Waals surface area contributed by atoms with Gasteiger partial charge in [0, 0.05) is 29.7 Å². The number of nitrogens with one attached hydrogen (secondary N) is 2. The maximum absolute atomic E-state index is 5.80. The lowest BCUT2D eigenvalue weighted by Crippen LogP contribution is -2.33. The van der Waals surface area contributed by atoms with Gasteiger partial charge in [0.1, 0.15) is 0 Å². The van der Waals surface area contributed by atoms with E-state index in [2.05, 4.69) is 45.8 Å². The highest BCUT2D eigenvalue weighted by molar-refractivity contribution is 5.83. The molecule has 0 unspecified atom stereocenters. The van der Waals surface area contributed by atoms with Gasteiger partial charge >= 0.3 is 0 Å². The number of fused-ring (bicyclic) bond motifs is 1. The Morgan fingerprint density at radius 1 is 1.37 bits per heavy atom. The number of nitrogens with two attached hydrogens (primary N) is 1. The smallest absolute Gasteiger partial charge is 0.188 e. The zero-order chi connectivity index (χ0) is 13.1. The van der Waals surface area contributed by atoms with Crippen molar-refractivity contribution >= 4 is 16.9 Å². The third kappa shape index (κ3) is 3.08. The molecule has 0 saturated heterocycles. The van der Waals surface area contributed by atoms with Crippen molar-refractivity contribution in [2.45, 2.75) is 31.7 Å². The third-order valence-corrected chi connectivity index (χ3v) is 3.49. The van der Waals surface area contributed by atoms with E-state index in [1.807, 2.05) is 0 Å². The van der Waals surface area contributed by atoms with E-state index in [1.165, 1.54) is 29.3 Å². The van der Waals surface area contributed by atoms with Gasteiger partial charge in [0.2, 0.25) is 0 Å². The predicted molar refractivity (Wildman–Crippen MR) is 79.3 cm³/mol. The fourth-order valence-corrected chi connectivity index (χ4v) is 2.29. The van der Waals surface area contributed by atoms with Crippen LogP contribution in [0.15, 0.2) is 35.5 Å².